The van der Waals surface area contributed by atoms with Crippen LogP contribution in [0.4, 0.5) is 5.82 Å². The third-order valence-corrected chi connectivity index (χ3v) is 5.15. The molecule has 0 aliphatic carbocycles. The maximum Gasteiger partial charge on any atom is 0.225 e. The molecule has 1 fully saturated rings. The van der Waals surface area contributed by atoms with Crippen molar-refractivity contribution in [2.24, 2.45) is 5.92 Å². The summed E-state index contributed by atoms with van der Waals surface area (Å²) in [5.74, 6) is 1.08. The fourth-order valence-corrected chi connectivity index (χ4v) is 3.77. The Kier molecular flexibility index (Phi) is 5.15. The van der Waals surface area contributed by atoms with E-state index in [2.05, 4.69) is 36.4 Å². The van der Waals surface area contributed by atoms with Gasteiger partial charge in [0.2, 0.25) is 5.91 Å². The van der Waals surface area contributed by atoms with E-state index >= 15 is 0 Å². The summed E-state index contributed by atoms with van der Waals surface area (Å²) in [6.45, 7) is 5.01. The number of amides is 1. The number of aryl methyl sites for hydroxylation is 1. The Morgan fingerprint density at radius 3 is 3.15 bits per heavy atom. The molecule has 2 aromatic heterocycles. The van der Waals surface area contributed by atoms with Crippen LogP contribution in [0.25, 0.3) is 0 Å². The number of piperidine rings is 1. The molecule has 2 aliphatic heterocycles. The molecule has 2 aromatic rings. The second-order valence-electron chi connectivity index (χ2n) is 7.07. The van der Waals surface area contributed by atoms with Crippen molar-refractivity contribution >= 4 is 11.7 Å². The maximum absolute atomic E-state index is 12.6. The highest BCUT2D eigenvalue weighted by molar-refractivity contribution is 5.79. The third kappa shape index (κ3) is 3.88. The number of carbonyl (C=O) groups is 1. The molecule has 0 unspecified atom stereocenters. The number of rotatable bonds is 4. The number of nitrogens with one attached hydrogen (secondary N) is 2. The van der Waals surface area contributed by atoms with Crippen molar-refractivity contribution in [3.63, 3.8) is 0 Å². The lowest BCUT2D eigenvalue weighted by Crippen LogP contribution is -2.43. The van der Waals surface area contributed by atoms with E-state index in [0.29, 0.717) is 6.54 Å². The number of hydrogen-bond donors (Lipinski definition) is 2. The first kappa shape index (κ1) is 17.0. The largest absolute Gasteiger partial charge is 0.356 e. The Balaban J connectivity index is 1.33. The summed E-state index contributed by atoms with van der Waals surface area (Å²) in [7, 11) is 0. The molecule has 2 N–H and O–H groups in total. The van der Waals surface area contributed by atoms with Crippen LogP contribution in [-0.4, -0.2) is 40.3 Å². The van der Waals surface area contributed by atoms with Crippen molar-refractivity contribution in [2.45, 2.75) is 38.9 Å². The van der Waals surface area contributed by atoms with Crippen LogP contribution in [0, 0.1) is 5.92 Å². The molecule has 1 atom stereocenters. The van der Waals surface area contributed by atoms with Gasteiger partial charge in [0.25, 0.3) is 0 Å². The Labute approximate surface area is 153 Å². The molecule has 0 aromatic carbocycles. The summed E-state index contributed by atoms with van der Waals surface area (Å²) in [4.78, 5) is 19.3. The average Bonchev–Trinajstić information content (AvgIpc) is 2.96. The van der Waals surface area contributed by atoms with Crippen LogP contribution in [0.3, 0.4) is 0 Å². The van der Waals surface area contributed by atoms with Gasteiger partial charge in [-0.15, -0.1) is 0 Å². The van der Waals surface area contributed by atoms with Crippen LogP contribution in [0.2, 0.25) is 0 Å². The van der Waals surface area contributed by atoms with Crippen LogP contribution in [0.1, 0.15) is 30.7 Å². The molecule has 138 valence electrons. The zero-order valence-corrected chi connectivity index (χ0v) is 15.0. The van der Waals surface area contributed by atoms with Gasteiger partial charge in [0, 0.05) is 32.4 Å². The molecule has 2 aliphatic rings. The van der Waals surface area contributed by atoms with E-state index in [-0.39, 0.29) is 11.8 Å². The predicted octanol–water partition coefficient (Wildman–Crippen LogP) is 1.30. The number of fused-ring (bicyclic) bond motifs is 1. The topological polar surface area (TPSA) is 75.1 Å². The van der Waals surface area contributed by atoms with E-state index in [1.165, 1.54) is 5.69 Å². The number of carbonyl (C=O) groups excluding carboxylic acids is 1. The minimum Gasteiger partial charge on any atom is -0.356 e. The quantitative estimate of drug-likeness (QED) is 0.866. The van der Waals surface area contributed by atoms with Crippen molar-refractivity contribution in [1.29, 1.82) is 0 Å². The lowest BCUT2D eigenvalue weighted by Gasteiger charge is -2.32. The SMILES string of the molecule is O=C(NCc1cc2n(n1)CCCNC2)[C@H]1CCCN(c2ccccn2)C1. The third-order valence-electron chi connectivity index (χ3n) is 5.15. The molecule has 1 saturated heterocycles. The van der Waals surface area contributed by atoms with Crippen LogP contribution in [-0.2, 0) is 24.4 Å². The molecule has 0 saturated carbocycles. The standard InChI is InChI=1S/C19H26N6O/c26-19(15-5-3-9-24(14-15)18-6-1-2-8-21-18)22-12-16-11-17-13-20-7-4-10-25(17)23-16/h1-2,6,8,11,15,20H,3-5,7,9-10,12-14H2,(H,22,26)/t15-/m0/s1. The Hall–Kier alpha value is -2.41. The Morgan fingerprint density at radius 2 is 2.27 bits per heavy atom. The average molecular weight is 354 g/mol. The lowest BCUT2D eigenvalue weighted by molar-refractivity contribution is -0.125. The molecular weight excluding hydrogens is 328 g/mol. The van der Waals surface area contributed by atoms with Gasteiger partial charge >= 0.3 is 0 Å². The molecule has 4 heterocycles. The Bertz CT molecular complexity index is 720. The van der Waals surface area contributed by atoms with Gasteiger partial charge < -0.3 is 15.5 Å². The van der Waals surface area contributed by atoms with Crippen LogP contribution in [0.5, 0.6) is 0 Å². The molecule has 26 heavy (non-hydrogen) atoms. The van der Waals surface area contributed by atoms with E-state index in [1.807, 2.05) is 18.2 Å². The van der Waals surface area contributed by atoms with Gasteiger partial charge in [0.15, 0.2) is 0 Å². The van der Waals surface area contributed by atoms with E-state index in [1.54, 1.807) is 6.20 Å². The fraction of sp³-hybridized carbons (Fsp3) is 0.526. The van der Waals surface area contributed by atoms with Gasteiger partial charge in [0.05, 0.1) is 23.9 Å². The van der Waals surface area contributed by atoms with E-state index < -0.39 is 0 Å². The van der Waals surface area contributed by atoms with E-state index in [0.717, 1.165) is 63.5 Å². The first-order chi connectivity index (χ1) is 12.8. The predicted molar refractivity (Wildman–Crippen MR) is 99.6 cm³/mol. The van der Waals surface area contributed by atoms with Crippen LogP contribution in [0.15, 0.2) is 30.5 Å². The first-order valence-electron chi connectivity index (χ1n) is 9.49. The monoisotopic (exact) mass is 354 g/mol. The zero-order chi connectivity index (χ0) is 17.8. The molecular formula is C19H26N6O. The number of aromatic nitrogens is 3. The van der Waals surface area contributed by atoms with Crippen molar-refractivity contribution < 1.29 is 4.79 Å². The van der Waals surface area contributed by atoms with Gasteiger partial charge in [-0.05, 0) is 44.0 Å². The summed E-state index contributed by atoms with van der Waals surface area (Å²) < 4.78 is 2.06. The van der Waals surface area contributed by atoms with E-state index in [4.69, 9.17) is 0 Å². The summed E-state index contributed by atoms with van der Waals surface area (Å²) in [6.07, 6.45) is 4.83. The molecule has 7 heteroatoms. The minimum atomic E-state index is 0.00728. The molecule has 7 nitrogen and oxygen atoms in total. The van der Waals surface area contributed by atoms with Crippen LogP contribution < -0.4 is 15.5 Å². The molecule has 4 rings (SSSR count). The normalized spacial score (nSPS) is 20.3. The fourth-order valence-electron chi connectivity index (χ4n) is 3.77. The smallest absolute Gasteiger partial charge is 0.225 e. The van der Waals surface area contributed by atoms with Crippen molar-refractivity contribution in [3.05, 3.63) is 41.9 Å². The molecule has 0 radical (unpaired) electrons. The minimum absolute atomic E-state index is 0.00728. The molecule has 0 bridgehead atoms. The van der Waals surface area contributed by atoms with Crippen molar-refractivity contribution in [2.75, 3.05) is 24.5 Å². The number of pyridine rings is 1. The van der Waals surface area contributed by atoms with Gasteiger partial charge in [-0.25, -0.2) is 4.98 Å². The van der Waals surface area contributed by atoms with Gasteiger partial charge in [-0.1, -0.05) is 6.07 Å². The summed E-state index contributed by atoms with van der Waals surface area (Å²) in [5, 5.41) is 11.1. The highest BCUT2D eigenvalue weighted by Crippen LogP contribution is 2.21. The number of hydrogen-bond acceptors (Lipinski definition) is 5. The number of nitrogens with zero attached hydrogens (tertiary/aromatic N) is 4. The molecule has 1 amide bonds. The number of anilines is 1. The van der Waals surface area contributed by atoms with Crippen molar-refractivity contribution in [1.82, 2.24) is 25.4 Å². The zero-order valence-electron chi connectivity index (χ0n) is 15.0. The first-order valence-corrected chi connectivity index (χ1v) is 9.49. The van der Waals surface area contributed by atoms with Crippen LogP contribution >= 0.6 is 0 Å². The van der Waals surface area contributed by atoms with Gasteiger partial charge in [-0.2, -0.15) is 5.10 Å². The van der Waals surface area contributed by atoms with E-state index in [9.17, 15) is 4.79 Å². The van der Waals surface area contributed by atoms with Crippen molar-refractivity contribution in [3.8, 4) is 0 Å². The summed E-state index contributed by atoms with van der Waals surface area (Å²) in [5.41, 5.74) is 2.14. The Morgan fingerprint density at radius 1 is 1.31 bits per heavy atom. The summed E-state index contributed by atoms with van der Waals surface area (Å²) in [6, 6.07) is 8.01. The maximum atomic E-state index is 12.6. The highest BCUT2D eigenvalue weighted by atomic mass is 16.1. The lowest BCUT2D eigenvalue weighted by atomic mass is 9.97. The van der Waals surface area contributed by atoms with Gasteiger partial charge in [-0.3, -0.25) is 9.48 Å². The summed E-state index contributed by atoms with van der Waals surface area (Å²) >= 11 is 0. The highest BCUT2D eigenvalue weighted by Gasteiger charge is 2.26. The second-order valence-corrected chi connectivity index (χ2v) is 7.07. The van der Waals surface area contributed by atoms with Gasteiger partial charge in [0.1, 0.15) is 5.82 Å². The molecule has 0 spiro atoms. The second kappa shape index (κ2) is 7.86.